The van der Waals surface area contributed by atoms with Gasteiger partial charge in [-0.2, -0.15) is 0 Å². The van der Waals surface area contributed by atoms with Gasteiger partial charge in [-0.05, 0) is 25.7 Å². The van der Waals surface area contributed by atoms with Crippen molar-refractivity contribution in [2.45, 2.75) is 182 Å². The minimum absolute atomic E-state index is 1.18. The van der Waals surface area contributed by atoms with Crippen LogP contribution in [0.3, 0.4) is 0 Å². The van der Waals surface area contributed by atoms with Crippen LogP contribution in [0.15, 0.2) is 12.4 Å². The Bertz CT molecular complexity index is 519. The summed E-state index contributed by atoms with van der Waals surface area (Å²) in [5.41, 5.74) is 0. The molecule has 1 heterocycles. The Kier molecular flexibility index (Phi) is 21.1. The zero-order valence-corrected chi connectivity index (χ0v) is 23.2. The predicted molar refractivity (Wildman–Crippen MR) is 147 cm³/mol. The Labute approximate surface area is 208 Å². The Morgan fingerprint density at radius 1 is 0.515 bits per heavy atom. The number of unbranched alkanes of at least 4 members (excludes halogenated alkanes) is 19. The van der Waals surface area contributed by atoms with Crippen molar-refractivity contribution < 1.29 is 4.57 Å². The lowest BCUT2D eigenvalue weighted by molar-refractivity contribution is -0.703. The summed E-state index contributed by atoms with van der Waals surface area (Å²) in [6, 6.07) is 0. The van der Waals surface area contributed by atoms with Crippen molar-refractivity contribution in [3.63, 3.8) is 0 Å². The molecule has 0 aliphatic carbocycles. The highest BCUT2D eigenvalue weighted by atomic mass is 15.1. The highest BCUT2D eigenvalue weighted by molar-refractivity contribution is 4.84. The number of aromatic nitrogens is 2. The zero-order chi connectivity index (χ0) is 23.8. The van der Waals surface area contributed by atoms with Crippen molar-refractivity contribution >= 4 is 0 Å². The maximum absolute atomic E-state index is 2.56. The fourth-order valence-electron chi connectivity index (χ4n) is 5.15. The van der Waals surface area contributed by atoms with E-state index in [1.54, 1.807) is 5.82 Å². The number of rotatable bonds is 25. The van der Waals surface area contributed by atoms with Crippen LogP contribution in [0.5, 0.6) is 0 Å². The summed E-state index contributed by atoms with van der Waals surface area (Å²) in [4.78, 5) is 0. The number of hydrogen-bond acceptors (Lipinski definition) is 0. The first-order valence-electron chi connectivity index (χ1n) is 15.4. The van der Waals surface area contributed by atoms with Crippen LogP contribution in [0.2, 0.25) is 0 Å². The number of hydrogen-bond donors (Lipinski definition) is 0. The maximum Gasteiger partial charge on any atom is 0.256 e. The minimum atomic E-state index is 1.18. The smallest absolute Gasteiger partial charge is 0.234 e. The summed E-state index contributed by atoms with van der Waals surface area (Å²) < 4.78 is 5.09. The summed E-state index contributed by atoms with van der Waals surface area (Å²) in [5, 5.41) is 0. The van der Waals surface area contributed by atoms with E-state index in [0.29, 0.717) is 0 Å². The molecule has 1 rings (SSSR count). The fourth-order valence-corrected chi connectivity index (χ4v) is 5.15. The SMILES string of the molecule is CCCCCCCCCCCCCCCCCCc1n(CCCCCCC)cc[n+]1CCC. The Morgan fingerprint density at radius 2 is 0.939 bits per heavy atom. The van der Waals surface area contributed by atoms with Gasteiger partial charge in [-0.3, -0.25) is 0 Å². The molecule has 1 aromatic rings. The van der Waals surface area contributed by atoms with Crippen molar-refractivity contribution in [1.29, 1.82) is 0 Å². The topological polar surface area (TPSA) is 8.81 Å². The van der Waals surface area contributed by atoms with Gasteiger partial charge in [-0.15, -0.1) is 0 Å². The molecule has 33 heavy (non-hydrogen) atoms. The molecule has 0 atom stereocenters. The van der Waals surface area contributed by atoms with E-state index < -0.39 is 0 Å². The second kappa shape index (κ2) is 23.0. The van der Waals surface area contributed by atoms with Crippen LogP contribution >= 0.6 is 0 Å². The molecule has 0 spiro atoms. The molecule has 0 saturated heterocycles. The molecule has 0 amide bonds. The van der Waals surface area contributed by atoms with E-state index in [1.807, 2.05) is 0 Å². The van der Waals surface area contributed by atoms with Gasteiger partial charge in [0.05, 0.1) is 13.1 Å². The van der Waals surface area contributed by atoms with Gasteiger partial charge in [0.25, 0.3) is 5.82 Å². The lowest BCUT2D eigenvalue weighted by Crippen LogP contribution is -2.37. The highest BCUT2D eigenvalue weighted by Gasteiger charge is 2.15. The average Bonchev–Trinajstić information content (AvgIpc) is 3.20. The van der Waals surface area contributed by atoms with Gasteiger partial charge in [0.2, 0.25) is 0 Å². The van der Waals surface area contributed by atoms with Gasteiger partial charge in [-0.1, -0.05) is 136 Å². The molecule has 1 aromatic heterocycles. The second-order valence-corrected chi connectivity index (χ2v) is 10.6. The first-order valence-corrected chi connectivity index (χ1v) is 15.4. The number of aryl methyl sites for hydroxylation is 2. The third-order valence-corrected chi connectivity index (χ3v) is 7.31. The summed E-state index contributed by atoms with van der Waals surface area (Å²) in [7, 11) is 0. The molecule has 2 nitrogen and oxygen atoms in total. The van der Waals surface area contributed by atoms with E-state index in [9.17, 15) is 0 Å². The van der Waals surface area contributed by atoms with Crippen LogP contribution < -0.4 is 4.57 Å². The van der Waals surface area contributed by atoms with Crippen LogP contribution in [-0.4, -0.2) is 4.57 Å². The zero-order valence-electron chi connectivity index (χ0n) is 23.2. The van der Waals surface area contributed by atoms with Crippen LogP contribution in [0.1, 0.15) is 168 Å². The summed E-state index contributed by atoms with van der Waals surface area (Å²) in [6.07, 6.45) is 37.2. The molecule has 0 N–H and O–H groups in total. The van der Waals surface area contributed by atoms with Gasteiger partial charge >= 0.3 is 0 Å². The van der Waals surface area contributed by atoms with E-state index in [-0.39, 0.29) is 0 Å². The second-order valence-electron chi connectivity index (χ2n) is 10.6. The van der Waals surface area contributed by atoms with Crippen molar-refractivity contribution in [2.24, 2.45) is 0 Å². The van der Waals surface area contributed by atoms with E-state index in [2.05, 4.69) is 42.3 Å². The molecule has 0 bridgehead atoms. The van der Waals surface area contributed by atoms with Crippen LogP contribution in [0.4, 0.5) is 0 Å². The van der Waals surface area contributed by atoms with E-state index >= 15 is 0 Å². The molecule has 0 unspecified atom stereocenters. The quantitative estimate of drug-likeness (QED) is 0.101. The summed E-state index contributed by atoms with van der Waals surface area (Å²) in [5.74, 6) is 1.58. The van der Waals surface area contributed by atoms with Crippen LogP contribution in [-0.2, 0) is 19.5 Å². The van der Waals surface area contributed by atoms with Crippen LogP contribution in [0, 0.1) is 0 Å². The lowest BCUT2D eigenvalue weighted by atomic mass is 10.0. The molecular weight excluding hydrogens is 400 g/mol. The molecule has 0 aliphatic rings. The first-order chi connectivity index (χ1) is 16.3. The van der Waals surface area contributed by atoms with E-state index in [4.69, 9.17) is 0 Å². The van der Waals surface area contributed by atoms with Gasteiger partial charge in [0.1, 0.15) is 12.4 Å². The van der Waals surface area contributed by atoms with Crippen molar-refractivity contribution in [2.75, 3.05) is 0 Å². The van der Waals surface area contributed by atoms with Crippen molar-refractivity contribution in [1.82, 2.24) is 4.57 Å². The molecular formula is C31H61N2+. The standard InChI is InChI=1S/C31H61N2/c1-4-7-9-11-12-13-14-15-16-17-18-19-20-21-22-24-26-31-32(27-6-3)29-30-33(31)28-25-23-10-8-5-2/h29-30H,4-28H2,1-3H3/q+1. The molecule has 0 aromatic carbocycles. The number of imidazole rings is 1. The maximum atomic E-state index is 2.56. The normalized spacial score (nSPS) is 11.5. The van der Waals surface area contributed by atoms with E-state index in [0.717, 1.165) is 0 Å². The third-order valence-electron chi connectivity index (χ3n) is 7.31. The average molecular weight is 462 g/mol. The predicted octanol–water partition coefficient (Wildman–Crippen LogP) is 9.96. The Balaban J connectivity index is 2.03. The molecule has 0 radical (unpaired) electrons. The van der Waals surface area contributed by atoms with Gasteiger partial charge in [0, 0.05) is 6.42 Å². The molecule has 2 heteroatoms. The third kappa shape index (κ3) is 16.5. The Hall–Kier alpha value is -0.790. The Morgan fingerprint density at radius 3 is 1.39 bits per heavy atom. The first kappa shape index (κ1) is 30.2. The fraction of sp³-hybridized carbons (Fsp3) is 0.903. The minimum Gasteiger partial charge on any atom is -0.234 e. The summed E-state index contributed by atoms with van der Waals surface area (Å²) >= 11 is 0. The number of nitrogens with zero attached hydrogens (tertiary/aromatic N) is 2. The van der Waals surface area contributed by atoms with Gasteiger partial charge in [-0.25, -0.2) is 9.13 Å². The van der Waals surface area contributed by atoms with Gasteiger partial charge in [0.15, 0.2) is 0 Å². The molecule has 194 valence electrons. The van der Waals surface area contributed by atoms with Crippen LogP contribution in [0.25, 0.3) is 0 Å². The van der Waals surface area contributed by atoms with Crippen molar-refractivity contribution in [3.05, 3.63) is 18.2 Å². The molecule has 0 aliphatic heterocycles. The van der Waals surface area contributed by atoms with Crippen molar-refractivity contribution in [3.8, 4) is 0 Å². The summed E-state index contributed by atoms with van der Waals surface area (Å²) in [6.45, 7) is 9.30. The monoisotopic (exact) mass is 461 g/mol. The highest BCUT2D eigenvalue weighted by Crippen LogP contribution is 2.14. The molecule has 0 saturated carbocycles. The van der Waals surface area contributed by atoms with Gasteiger partial charge < -0.3 is 0 Å². The lowest BCUT2D eigenvalue weighted by Gasteiger charge is -2.06. The molecule has 0 fully saturated rings. The largest absolute Gasteiger partial charge is 0.256 e. The van der Waals surface area contributed by atoms with E-state index in [1.165, 1.54) is 161 Å².